The molecular weight excluding hydrogens is 492 g/mol. The lowest BCUT2D eigenvalue weighted by Crippen LogP contribution is -2.57. The highest BCUT2D eigenvalue weighted by Gasteiger charge is 2.31. The Morgan fingerprint density at radius 2 is 1.89 bits per heavy atom. The molecule has 5 rings (SSSR count). The molecule has 3 heterocycles. The number of hydrogen-bond acceptors (Lipinski definition) is 10. The van der Waals surface area contributed by atoms with Crippen molar-refractivity contribution in [2.24, 2.45) is 0 Å². The van der Waals surface area contributed by atoms with Crippen LogP contribution in [0, 0.1) is 22.7 Å². The highest BCUT2D eigenvalue weighted by Crippen LogP contribution is 2.37. The number of nitrogens with zero attached hydrogens (tertiary/aromatic N) is 8. The number of hydrogen-bond donors (Lipinski definition) is 2. The molecule has 3 aromatic rings. The average molecular weight is 521 g/mol. The number of rotatable bonds is 8. The zero-order valence-corrected chi connectivity index (χ0v) is 21.8. The first kappa shape index (κ1) is 25.0. The number of anilines is 4. The van der Waals surface area contributed by atoms with E-state index in [0.29, 0.717) is 46.1 Å². The van der Waals surface area contributed by atoms with Crippen LogP contribution >= 0.6 is 11.6 Å². The zero-order valence-electron chi connectivity index (χ0n) is 21.1. The van der Waals surface area contributed by atoms with Gasteiger partial charge in [-0.25, -0.2) is 0 Å². The number of piperazine rings is 1. The topological polar surface area (TPSA) is 130 Å². The van der Waals surface area contributed by atoms with E-state index < -0.39 is 0 Å². The Morgan fingerprint density at radius 3 is 2.54 bits per heavy atom. The summed E-state index contributed by atoms with van der Waals surface area (Å²) >= 11 is 6.94. The molecule has 2 aromatic heterocycles. The molecule has 0 spiro atoms. The van der Waals surface area contributed by atoms with E-state index in [0.717, 1.165) is 38.2 Å². The predicted octanol–water partition coefficient (Wildman–Crippen LogP) is 3.38. The predicted molar refractivity (Wildman–Crippen MR) is 141 cm³/mol. The Kier molecular flexibility index (Phi) is 7.02. The van der Waals surface area contributed by atoms with Gasteiger partial charge in [-0.3, -0.25) is 4.90 Å². The summed E-state index contributed by atoms with van der Waals surface area (Å²) in [5.74, 6) is 0.765. The van der Waals surface area contributed by atoms with Gasteiger partial charge in [-0.2, -0.15) is 30.1 Å². The Hall–Kier alpha value is -3.64. The molecule has 0 radical (unpaired) electrons. The molecule has 1 aliphatic heterocycles. The highest BCUT2D eigenvalue weighted by molar-refractivity contribution is 6.36. The molecule has 12 heteroatoms. The van der Waals surface area contributed by atoms with Crippen molar-refractivity contribution in [1.29, 1.82) is 10.5 Å². The minimum Gasteiger partial charge on any atom is -0.383 e. The molecule has 2 N–H and O–H groups in total. The van der Waals surface area contributed by atoms with Crippen molar-refractivity contribution in [3.05, 3.63) is 34.5 Å². The SMILES string of the molecule is COCCN1[C@@H](C)CN(c2cc(C#N)cc(Nc3nc(NC4CC4)n4ncc(C#N)c4n3)c2Cl)C[C@@H]1C. The first-order valence-electron chi connectivity index (χ1n) is 12.3. The standard InChI is InChI=1S/C25H29ClN10O/c1-15-13-34(14-16(2)35(15)6-7-37-3)21-9-17(10-27)8-20(22(21)26)31-24-32-23-18(11-28)12-29-36(23)25(33-24)30-19-4-5-19/h8-9,12,15-16,19H,4-7,13-14H2,1-3H3,(H2,30,31,32,33)/t15-,16-/m0/s1. The maximum absolute atomic E-state index is 9.77. The van der Waals surface area contributed by atoms with Crippen molar-refractivity contribution in [2.45, 2.75) is 44.8 Å². The van der Waals surface area contributed by atoms with Gasteiger partial charge in [0, 0.05) is 44.9 Å². The van der Waals surface area contributed by atoms with E-state index in [1.165, 1.54) is 10.7 Å². The number of benzene rings is 1. The van der Waals surface area contributed by atoms with Crippen molar-refractivity contribution in [3.8, 4) is 12.1 Å². The van der Waals surface area contributed by atoms with E-state index in [1.54, 1.807) is 13.2 Å². The normalized spacial score (nSPS) is 20.0. The highest BCUT2D eigenvalue weighted by atomic mass is 35.5. The van der Waals surface area contributed by atoms with Gasteiger partial charge in [0.2, 0.25) is 11.9 Å². The zero-order chi connectivity index (χ0) is 26.1. The van der Waals surface area contributed by atoms with E-state index in [2.05, 4.69) is 61.5 Å². The first-order valence-corrected chi connectivity index (χ1v) is 12.7. The average Bonchev–Trinajstić information content (AvgIpc) is 3.60. The second-order valence-corrected chi connectivity index (χ2v) is 10.0. The molecule has 0 amide bonds. The van der Waals surface area contributed by atoms with E-state index >= 15 is 0 Å². The van der Waals surface area contributed by atoms with E-state index in [4.69, 9.17) is 16.3 Å². The van der Waals surface area contributed by atoms with Crippen LogP contribution in [0.25, 0.3) is 5.65 Å². The molecule has 2 fully saturated rings. The van der Waals surface area contributed by atoms with Crippen molar-refractivity contribution in [3.63, 3.8) is 0 Å². The van der Waals surface area contributed by atoms with Crippen molar-refractivity contribution in [1.82, 2.24) is 24.5 Å². The summed E-state index contributed by atoms with van der Waals surface area (Å²) in [6, 6.07) is 8.78. The summed E-state index contributed by atoms with van der Waals surface area (Å²) in [7, 11) is 1.72. The molecule has 0 bridgehead atoms. The summed E-state index contributed by atoms with van der Waals surface area (Å²) < 4.78 is 6.82. The van der Waals surface area contributed by atoms with E-state index in [1.807, 2.05) is 6.07 Å². The fourth-order valence-electron chi connectivity index (χ4n) is 4.82. The molecular formula is C25H29ClN10O. The Balaban J connectivity index is 1.48. The number of methoxy groups -OCH3 is 1. The van der Waals surface area contributed by atoms with Crippen LogP contribution in [0.1, 0.15) is 37.8 Å². The van der Waals surface area contributed by atoms with Crippen LogP contribution in [-0.2, 0) is 4.74 Å². The molecule has 2 aliphatic rings. The van der Waals surface area contributed by atoms with Crippen LogP contribution in [0.5, 0.6) is 0 Å². The number of fused-ring (bicyclic) bond motifs is 1. The summed E-state index contributed by atoms with van der Waals surface area (Å²) in [5, 5.41) is 30.6. The van der Waals surface area contributed by atoms with Gasteiger partial charge in [-0.1, -0.05) is 11.6 Å². The monoisotopic (exact) mass is 520 g/mol. The van der Waals surface area contributed by atoms with Gasteiger partial charge in [0.1, 0.15) is 11.6 Å². The molecule has 1 saturated carbocycles. The van der Waals surface area contributed by atoms with E-state index in [-0.39, 0.29) is 18.0 Å². The number of nitrogens with one attached hydrogen (secondary N) is 2. The summed E-state index contributed by atoms with van der Waals surface area (Å²) in [4.78, 5) is 13.8. The van der Waals surface area contributed by atoms with Gasteiger partial charge in [-0.15, -0.1) is 0 Å². The largest absolute Gasteiger partial charge is 0.383 e. The number of aromatic nitrogens is 4. The third-order valence-corrected chi connectivity index (χ3v) is 7.22. The van der Waals surface area contributed by atoms with Gasteiger partial charge in [0.05, 0.1) is 40.8 Å². The van der Waals surface area contributed by atoms with Gasteiger partial charge < -0.3 is 20.3 Å². The number of nitriles is 2. The molecule has 1 saturated heterocycles. The quantitative estimate of drug-likeness (QED) is 0.455. The van der Waals surface area contributed by atoms with Gasteiger partial charge in [-0.05, 0) is 38.8 Å². The van der Waals surface area contributed by atoms with Crippen molar-refractivity contribution in [2.75, 3.05) is 48.9 Å². The lowest BCUT2D eigenvalue weighted by molar-refractivity contribution is 0.0847. The van der Waals surface area contributed by atoms with Crippen LogP contribution in [-0.4, -0.2) is 76.0 Å². The van der Waals surface area contributed by atoms with Crippen molar-refractivity contribution < 1.29 is 4.74 Å². The summed E-state index contributed by atoms with van der Waals surface area (Å²) in [6.07, 6.45) is 3.58. The number of halogens is 1. The maximum Gasteiger partial charge on any atom is 0.232 e. The second kappa shape index (κ2) is 10.4. The number of ether oxygens (including phenoxy) is 1. The third kappa shape index (κ3) is 5.12. The summed E-state index contributed by atoms with van der Waals surface area (Å²) in [6.45, 7) is 7.45. The lowest BCUT2D eigenvalue weighted by Gasteiger charge is -2.45. The maximum atomic E-state index is 9.77. The van der Waals surface area contributed by atoms with Crippen LogP contribution in [0.2, 0.25) is 5.02 Å². The van der Waals surface area contributed by atoms with Gasteiger partial charge >= 0.3 is 0 Å². The van der Waals surface area contributed by atoms with Gasteiger partial charge in [0.25, 0.3) is 0 Å². The fourth-order valence-corrected chi connectivity index (χ4v) is 5.10. The molecule has 1 aromatic carbocycles. The van der Waals surface area contributed by atoms with Crippen LogP contribution in [0.15, 0.2) is 18.3 Å². The molecule has 1 aliphatic carbocycles. The molecule has 0 unspecified atom stereocenters. The lowest BCUT2D eigenvalue weighted by atomic mass is 10.1. The van der Waals surface area contributed by atoms with Crippen LogP contribution in [0.4, 0.5) is 23.3 Å². The van der Waals surface area contributed by atoms with Crippen LogP contribution in [0.3, 0.4) is 0 Å². The molecule has 11 nitrogen and oxygen atoms in total. The Morgan fingerprint density at radius 1 is 1.14 bits per heavy atom. The first-order chi connectivity index (χ1) is 17.9. The fraction of sp³-hybridized carbons (Fsp3) is 0.480. The molecule has 192 valence electrons. The van der Waals surface area contributed by atoms with Crippen molar-refractivity contribution >= 4 is 40.5 Å². The second-order valence-electron chi connectivity index (χ2n) is 9.62. The van der Waals surface area contributed by atoms with E-state index in [9.17, 15) is 10.5 Å². The smallest absolute Gasteiger partial charge is 0.232 e. The molecule has 2 atom stereocenters. The minimum absolute atomic E-state index is 0.265. The Labute approximate surface area is 220 Å². The van der Waals surface area contributed by atoms with Gasteiger partial charge in [0.15, 0.2) is 5.65 Å². The Bertz CT molecular complexity index is 1380. The third-order valence-electron chi connectivity index (χ3n) is 6.82. The summed E-state index contributed by atoms with van der Waals surface area (Å²) in [5.41, 5.74) is 2.52. The molecule has 37 heavy (non-hydrogen) atoms. The van der Waals surface area contributed by atoms with Crippen LogP contribution < -0.4 is 15.5 Å². The minimum atomic E-state index is 0.265.